The van der Waals surface area contributed by atoms with Crippen molar-refractivity contribution < 1.29 is 0 Å². The minimum absolute atomic E-state index is 0.408. The maximum atomic E-state index is 6.32. The first-order valence-corrected chi connectivity index (χ1v) is 9.90. The van der Waals surface area contributed by atoms with Crippen LogP contribution in [-0.2, 0) is 13.1 Å². The third-order valence-corrected chi connectivity index (χ3v) is 4.77. The van der Waals surface area contributed by atoms with E-state index in [1.807, 2.05) is 49.0 Å². The third-order valence-electron chi connectivity index (χ3n) is 4.33. The molecule has 3 heterocycles. The van der Waals surface area contributed by atoms with Crippen molar-refractivity contribution in [2.45, 2.75) is 47.7 Å². The van der Waals surface area contributed by atoms with Crippen molar-refractivity contribution in [3.05, 3.63) is 47.1 Å². The normalized spacial score (nSPS) is 11.6. The molecule has 0 spiro atoms. The Labute approximate surface area is 179 Å². The van der Waals surface area contributed by atoms with Gasteiger partial charge in [0.1, 0.15) is 28.7 Å². The van der Waals surface area contributed by atoms with Crippen LogP contribution in [0.25, 0.3) is 16.2 Å². The zero-order chi connectivity index (χ0) is 21.3. The Kier molecular flexibility index (Phi) is 6.19. The summed E-state index contributed by atoms with van der Waals surface area (Å²) in [6.07, 6.45) is 4.08. The van der Waals surface area contributed by atoms with Gasteiger partial charge in [-0.15, -0.1) is 0 Å². The fourth-order valence-corrected chi connectivity index (χ4v) is 3.61. The summed E-state index contributed by atoms with van der Waals surface area (Å²) in [7, 11) is 0. The van der Waals surface area contributed by atoms with Gasteiger partial charge in [-0.2, -0.15) is 0 Å². The number of nitrogens with zero attached hydrogens (tertiary/aromatic N) is 7. The summed E-state index contributed by atoms with van der Waals surface area (Å²) in [6, 6.07) is 0. The SMILES string of the molecule is C=C(Cl)c1c(N=C(C)C)nc(C)n1C/C=C/Cn1c(C)nc2nc(C)nc(Cl)c21. The molecule has 0 fully saturated rings. The lowest BCUT2D eigenvalue weighted by Crippen LogP contribution is -2.03. The molecule has 0 saturated carbocycles. The van der Waals surface area contributed by atoms with E-state index >= 15 is 0 Å². The molecule has 0 amide bonds. The second-order valence-corrected chi connectivity index (χ2v) is 7.69. The number of aliphatic imine (C=N–C) groups is 1. The number of aryl methyl sites for hydroxylation is 3. The van der Waals surface area contributed by atoms with Crippen LogP contribution in [0.15, 0.2) is 23.7 Å². The quantitative estimate of drug-likeness (QED) is 0.306. The summed E-state index contributed by atoms with van der Waals surface area (Å²) < 4.78 is 3.98. The predicted molar refractivity (Wildman–Crippen MR) is 119 cm³/mol. The molecule has 7 nitrogen and oxygen atoms in total. The molecule has 0 aliphatic rings. The van der Waals surface area contributed by atoms with Crippen LogP contribution in [0.2, 0.25) is 5.15 Å². The van der Waals surface area contributed by atoms with Gasteiger partial charge < -0.3 is 9.13 Å². The molecular formula is C20H23Cl2N7. The zero-order valence-electron chi connectivity index (χ0n) is 17.2. The number of allylic oxidation sites excluding steroid dienone is 2. The fourth-order valence-electron chi connectivity index (χ4n) is 3.12. The smallest absolute Gasteiger partial charge is 0.182 e. The van der Waals surface area contributed by atoms with Crippen LogP contribution >= 0.6 is 23.2 Å². The van der Waals surface area contributed by atoms with Gasteiger partial charge in [0.2, 0.25) is 0 Å². The summed E-state index contributed by atoms with van der Waals surface area (Å²) >= 11 is 12.6. The lowest BCUT2D eigenvalue weighted by molar-refractivity contribution is 0.758. The highest BCUT2D eigenvalue weighted by Gasteiger charge is 2.16. The summed E-state index contributed by atoms with van der Waals surface area (Å²) in [4.78, 5) is 22.1. The predicted octanol–water partition coefficient (Wildman–Crippen LogP) is 5.18. The Morgan fingerprint density at radius 1 is 1.00 bits per heavy atom. The van der Waals surface area contributed by atoms with Gasteiger partial charge in [0.05, 0.1) is 5.03 Å². The number of rotatable bonds is 6. The van der Waals surface area contributed by atoms with E-state index < -0.39 is 0 Å². The van der Waals surface area contributed by atoms with Crippen molar-refractivity contribution >= 4 is 50.9 Å². The molecule has 0 aliphatic heterocycles. The van der Waals surface area contributed by atoms with E-state index in [0.717, 1.165) is 28.6 Å². The number of aromatic nitrogens is 6. The fraction of sp³-hybridized carbons (Fsp3) is 0.350. The van der Waals surface area contributed by atoms with E-state index in [0.29, 0.717) is 40.6 Å². The van der Waals surface area contributed by atoms with E-state index in [-0.39, 0.29) is 0 Å². The zero-order valence-corrected chi connectivity index (χ0v) is 18.7. The highest BCUT2D eigenvalue weighted by molar-refractivity contribution is 6.48. The minimum Gasteiger partial charge on any atom is -0.322 e. The van der Waals surface area contributed by atoms with Crippen molar-refractivity contribution in [2.24, 2.45) is 4.99 Å². The van der Waals surface area contributed by atoms with Crippen LogP contribution < -0.4 is 0 Å². The van der Waals surface area contributed by atoms with Crippen LogP contribution in [0.4, 0.5) is 5.82 Å². The summed E-state index contributed by atoms with van der Waals surface area (Å²) in [5.41, 5.74) is 2.98. The monoisotopic (exact) mass is 431 g/mol. The molecule has 0 radical (unpaired) electrons. The van der Waals surface area contributed by atoms with E-state index in [1.54, 1.807) is 6.92 Å². The molecule has 9 heteroatoms. The Morgan fingerprint density at radius 3 is 2.24 bits per heavy atom. The largest absolute Gasteiger partial charge is 0.322 e. The van der Waals surface area contributed by atoms with Crippen molar-refractivity contribution in [2.75, 3.05) is 0 Å². The summed E-state index contributed by atoms with van der Waals surface area (Å²) in [5, 5.41) is 0.819. The molecule has 0 aliphatic carbocycles. The van der Waals surface area contributed by atoms with Gasteiger partial charge >= 0.3 is 0 Å². The van der Waals surface area contributed by atoms with Crippen molar-refractivity contribution in [1.29, 1.82) is 0 Å². The molecule has 152 valence electrons. The highest BCUT2D eigenvalue weighted by Crippen LogP contribution is 2.29. The van der Waals surface area contributed by atoms with Crippen LogP contribution in [0.5, 0.6) is 0 Å². The maximum Gasteiger partial charge on any atom is 0.182 e. The average molecular weight is 432 g/mol. The molecule has 3 aromatic rings. The van der Waals surface area contributed by atoms with Gasteiger partial charge in [-0.05, 0) is 34.6 Å². The molecule has 29 heavy (non-hydrogen) atoms. The van der Waals surface area contributed by atoms with Gasteiger partial charge in [-0.3, -0.25) is 0 Å². The maximum absolute atomic E-state index is 6.32. The van der Waals surface area contributed by atoms with Crippen molar-refractivity contribution in [1.82, 2.24) is 29.1 Å². The molecular weight excluding hydrogens is 409 g/mol. The Bertz CT molecular complexity index is 1150. The molecule has 0 bridgehead atoms. The van der Waals surface area contributed by atoms with Gasteiger partial charge in [-0.1, -0.05) is 41.9 Å². The van der Waals surface area contributed by atoms with Crippen molar-refractivity contribution in [3.8, 4) is 0 Å². The highest BCUT2D eigenvalue weighted by atomic mass is 35.5. The van der Waals surface area contributed by atoms with E-state index in [9.17, 15) is 0 Å². The first-order valence-electron chi connectivity index (χ1n) is 9.14. The van der Waals surface area contributed by atoms with Gasteiger partial charge in [0.25, 0.3) is 0 Å². The molecule has 0 unspecified atom stereocenters. The lowest BCUT2D eigenvalue weighted by Gasteiger charge is -2.07. The number of fused-ring (bicyclic) bond motifs is 1. The second kappa shape index (κ2) is 8.47. The second-order valence-electron chi connectivity index (χ2n) is 6.88. The molecule has 0 saturated heterocycles. The van der Waals surface area contributed by atoms with E-state index in [4.69, 9.17) is 23.2 Å². The summed E-state index contributed by atoms with van der Waals surface area (Å²) in [6.45, 7) is 14.5. The molecule has 0 aromatic carbocycles. The molecule has 0 N–H and O–H groups in total. The molecule has 3 aromatic heterocycles. The van der Waals surface area contributed by atoms with Crippen LogP contribution in [-0.4, -0.2) is 34.8 Å². The summed E-state index contributed by atoms with van der Waals surface area (Å²) in [5.74, 6) is 2.84. The number of imidazole rings is 2. The van der Waals surface area contributed by atoms with Crippen LogP contribution in [0, 0.1) is 20.8 Å². The topological polar surface area (TPSA) is 73.8 Å². The number of hydrogen-bond acceptors (Lipinski definition) is 5. The Morgan fingerprint density at radius 2 is 1.62 bits per heavy atom. The van der Waals surface area contributed by atoms with Gasteiger partial charge in [0, 0.05) is 18.8 Å². The first-order chi connectivity index (χ1) is 13.7. The standard InChI is InChI=1S/C20H23Cl2N7/c1-11(2)23-19-16(12(3)21)28(14(5)26-19)9-7-8-10-29-15(6)27-20-17(29)18(22)24-13(4)25-20/h7-8H,3,9-10H2,1-2,4-6H3/b8-7+. The Balaban J connectivity index is 1.86. The Hall–Kier alpha value is -2.51. The van der Waals surface area contributed by atoms with Gasteiger partial charge in [0.15, 0.2) is 16.6 Å². The van der Waals surface area contributed by atoms with E-state index in [1.165, 1.54) is 0 Å². The van der Waals surface area contributed by atoms with Crippen LogP contribution in [0.3, 0.4) is 0 Å². The lowest BCUT2D eigenvalue weighted by atomic mass is 10.3. The molecule has 0 atom stereocenters. The van der Waals surface area contributed by atoms with E-state index in [2.05, 4.69) is 31.5 Å². The first kappa shape index (κ1) is 21.2. The van der Waals surface area contributed by atoms with Crippen LogP contribution in [0.1, 0.15) is 37.0 Å². The number of hydrogen-bond donors (Lipinski definition) is 0. The third kappa shape index (κ3) is 4.41. The number of halogens is 2. The van der Waals surface area contributed by atoms with Crippen molar-refractivity contribution in [3.63, 3.8) is 0 Å². The molecule has 3 rings (SSSR count). The van der Waals surface area contributed by atoms with Gasteiger partial charge in [-0.25, -0.2) is 24.9 Å². The minimum atomic E-state index is 0.408. The average Bonchev–Trinajstić information content (AvgIpc) is 3.07.